The predicted molar refractivity (Wildman–Crippen MR) is 132 cm³/mol. The molecule has 0 radical (unpaired) electrons. The van der Waals surface area contributed by atoms with Crippen LogP contribution in [0, 0.1) is 0 Å². The predicted octanol–water partition coefficient (Wildman–Crippen LogP) is 5.04. The molecule has 9 heteroatoms. The van der Waals surface area contributed by atoms with Crippen LogP contribution in [0.3, 0.4) is 0 Å². The van der Waals surface area contributed by atoms with Crippen molar-refractivity contribution in [1.29, 1.82) is 0 Å². The summed E-state index contributed by atoms with van der Waals surface area (Å²) < 4.78 is 17.0. The summed E-state index contributed by atoms with van der Waals surface area (Å²) >= 11 is 2.87. The Morgan fingerprint density at radius 3 is 2.42 bits per heavy atom. The average Bonchev–Trinajstić information content (AvgIpc) is 3.31. The van der Waals surface area contributed by atoms with E-state index in [0.717, 1.165) is 20.9 Å². The molecular formula is C24H23N3O4S2. The summed E-state index contributed by atoms with van der Waals surface area (Å²) in [6.07, 6.45) is 3.47. The van der Waals surface area contributed by atoms with Gasteiger partial charge in [-0.15, -0.1) is 11.8 Å². The highest BCUT2D eigenvalue weighted by molar-refractivity contribution is 8.00. The summed E-state index contributed by atoms with van der Waals surface area (Å²) in [5.74, 6) is 2.31. The quantitative estimate of drug-likeness (QED) is 0.310. The van der Waals surface area contributed by atoms with E-state index in [4.69, 9.17) is 19.2 Å². The number of methoxy groups -OCH3 is 3. The molecule has 1 amide bonds. The number of hydrogen-bond acceptors (Lipinski definition) is 8. The molecule has 0 N–H and O–H groups in total. The van der Waals surface area contributed by atoms with Gasteiger partial charge < -0.3 is 14.2 Å². The molecule has 170 valence electrons. The number of thiazole rings is 1. The maximum Gasteiger partial charge on any atom is 0.239 e. The number of carbonyl (C=O) groups is 1. The minimum Gasteiger partial charge on any atom is -0.497 e. The Labute approximate surface area is 200 Å². The zero-order chi connectivity index (χ0) is 23.2. The number of fused-ring (bicyclic) bond motifs is 1. The van der Waals surface area contributed by atoms with Gasteiger partial charge in [0.25, 0.3) is 0 Å². The topological polar surface area (TPSA) is 73.8 Å². The van der Waals surface area contributed by atoms with Crippen LogP contribution in [0.4, 0.5) is 5.13 Å². The number of amides is 1. The lowest BCUT2D eigenvalue weighted by Crippen LogP contribution is -2.31. The number of pyridine rings is 1. The molecule has 0 fully saturated rings. The molecular weight excluding hydrogens is 458 g/mol. The number of rotatable bonds is 9. The van der Waals surface area contributed by atoms with Crippen LogP contribution in [-0.4, -0.2) is 43.0 Å². The van der Waals surface area contributed by atoms with E-state index in [1.807, 2.05) is 48.5 Å². The van der Waals surface area contributed by atoms with Crippen molar-refractivity contribution in [1.82, 2.24) is 9.97 Å². The number of anilines is 1. The van der Waals surface area contributed by atoms with Gasteiger partial charge in [0.15, 0.2) is 5.13 Å². The first kappa shape index (κ1) is 22.9. The summed E-state index contributed by atoms with van der Waals surface area (Å²) in [5.41, 5.74) is 1.59. The second-order valence-corrected chi connectivity index (χ2v) is 8.98. The molecule has 0 aliphatic heterocycles. The van der Waals surface area contributed by atoms with Gasteiger partial charge in [-0.1, -0.05) is 17.4 Å². The molecule has 0 atom stereocenters. The molecule has 4 rings (SSSR count). The number of nitrogens with zero attached hydrogens (tertiary/aromatic N) is 3. The minimum atomic E-state index is -0.0586. The maximum atomic E-state index is 13.4. The van der Waals surface area contributed by atoms with Gasteiger partial charge in [0, 0.05) is 17.3 Å². The van der Waals surface area contributed by atoms with Gasteiger partial charge in [-0.3, -0.25) is 14.7 Å². The van der Waals surface area contributed by atoms with Gasteiger partial charge in [-0.05, 0) is 48.0 Å². The zero-order valence-corrected chi connectivity index (χ0v) is 20.1. The summed E-state index contributed by atoms with van der Waals surface area (Å²) in [7, 11) is 4.85. The van der Waals surface area contributed by atoms with E-state index in [9.17, 15) is 4.79 Å². The van der Waals surface area contributed by atoms with Gasteiger partial charge in [0.1, 0.15) is 27.5 Å². The molecule has 0 saturated heterocycles. The van der Waals surface area contributed by atoms with Crippen LogP contribution in [0.15, 0.2) is 65.8 Å². The highest BCUT2D eigenvalue weighted by Crippen LogP contribution is 2.40. The Bertz CT molecular complexity index is 1190. The van der Waals surface area contributed by atoms with Gasteiger partial charge in [-0.25, -0.2) is 4.98 Å². The number of thioether (sulfide) groups is 1. The third kappa shape index (κ3) is 5.20. The van der Waals surface area contributed by atoms with Crippen molar-refractivity contribution in [3.05, 3.63) is 66.5 Å². The molecule has 0 bridgehead atoms. The van der Waals surface area contributed by atoms with E-state index in [1.165, 1.54) is 23.1 Å². The Balaban J connectivity index is 1.65. The first-order valence-electron chi connectivity index (χ1n) is 10.1. The van der Waals surface area contributed by atoms with Crippen LogP contribution in [0.25, 0.3) is 10.2 Å². The molecule has 2 aromatic heterocycles. The molecule has 33 heavy (non-hydrogen) atoms. The van der Waals surface area contributed by atoms with E-state index in [2.05, 4.69) is 4.98 Å². The lowest BCUT2D eigenvalue weighted by molar-refractivity contribution is -0.116. The van der Waals surface area contributed by atoms with Crippen molar-refractivity contribution in [3.8, 4) is 17.2 Å². The lowest BCUT2D eigenvalue weighted by atomic mass is 10.2. The van der Waals surface area contributed by atoms with Crippen LogP contribution in [-0.2, 0) is 11.3 Å². The Hall–Kier alpha value is -3.30. The van der Waals surface area contributed by atoms with Crippen molar-refractivity contribution in [2.75, 3.05) is 32.0 Å². The summed E-state index contributed by atoms with van der Waals surface area (Å²) in [4.78, 5) is 25.0. The van der Waals surface area contributed by atoms with Crippen molar-refractivity contribution in [2.24, 2.45) is 0 Å². The largest absolute Gasteiger partial charge is 0.497 e. The lowest BCUT2D eigenvalue weighted by Gasteiger charge is -2.19. The number of hydrogen-bond donors (Lipinski definition) is 0. The molecule has 0 spiro atoms. The number of benzene rings is 2. The van der Waals surface area contributed by atoms with Crippen molar-refractivity contribution < 1.29 is 19.0 Å². The molecule has 0 aliphatic rings. The second-order valence-electron chi connectivity index (χ2n) is 6.95. The SMILES string of the molecule is COc1ccc(SCC(=O)N(Cc2cccnc2)c2nc3c(OC)ccc(OC)c3s2)cc1. The number of aromatic nitrogens is 2. The Morgan fingerprint density at radius 1 is 1.00 bits per heavy atom. The average molecular weight is 482 g/mol. The van der Waals surface area contributed by atoms with Gasteiger partial charge in [0.05, 0.1) is 33.6 Å². The van der Waals surface area contributed by atoms with E-state index in [0.29, 0.717) is 28.7 Å². The highest BCUT2D eigenvalue weighted by atomic mass is 32.2. The second kappa shape index (κ2) is 10.5. The minimum absolute atomic E-state index is 0.0586. The fourth-order valence-electron chi connectivity index (χ4n) is 3.22. The Morgan fingerprint density at radius 2 is 1.76 bits per heavy atom. The maximum absolute atomic E-state index is 13.4. The third-order valence-electron chi connectivity index (χ3n) is 4.92. The Kier molecular flexibility index (Phi) is 7.31. The van der Waals surface area contributed by atoms with Gasteiger partial charge in [0.2, 0.25) is 5.91 Å². The fraction of sp³-hybridized carbons (Fsp3) is 0.208. The molecule has 0 aliphatic carbocycles. The molecule has 0 unspecified atom stereocenters. The van der Waals surface area contributed by atoms with E-state index in [1.54, 1.807) is 38.6 Å². The van der Waals surface area contributed by atoms with Crippen LogP contribution in [0.5, 0.6) is 17.2 Å². The first-order valence-corrected chi connectivity index (χ1v) is 11.9. The standard InChI is InChI=1S/C24H23N3O4S2/c1-29-17-6-8-18(9-7-17)32-15-21(28)27(14-16-5-4-12-25-13-16)24-26-22-19(30-2)10-11-20(31-3)23(22)33-24/h4-13H,14-15H2,1-3H3. The molecule has 0 saturated carbocycles. The van der Waals surface area contributed by atoms with Gasteiger partial charge >= 0.3 is 0 Å². The molecule has 2 aromatic carbocycles. The summed E-state index contributed by atoms with van der Waals surface area (Å²) in [6.45, 7) is 0.361. The van der Waals surface area contributed by atoms with Crippen molar-refractivity contribution in [3.63, 3.8) is 0 Å². The van der Waals surface area contributed by atoms with Crippen LogP contribution in [0.2, 0.25) is 0 Å². The van der Waals surface area contributed by atoms with Gasteiger partial charge in [-0.2, -0.15) is 0 Å². The van der Waals surface area contributed by atoms with Crippen molar-refractivity contribution >= 4 is 44.4 Å². The fourth-order valence-corrected chi connectivity index (χ4v) is 5.09. The summed E-state index contributed by atoms with van der Waals surface area (Å²) in [5, 5.41) is 0.581. The van der Waals surface area contributed by atoms with E-state index in [-0.39, 0.29) is 11.7 Å². The van der Waals surface area contributed by atoms with Crippen LogP contribution >= 0.6 is 23.1 Å². The number of ether oxygens (including phenoxy) is 3. The molecule has 2 heterocycles. The normalized spacial score (nSPS) is 10.8. The van der Waals surface area contributed by atoms with Crippen molar-refractivity contribution in [2.45, 2.75) is 11.4 Å². The third-order valence-corrected chi connectivity index (χ3v) is 7.01. The highest BCUT2D eigenvalue weighted by Gasteiger charge is 2.23. The van der Waals surface area contributed by atoms with Crippen LogP contribution < -0.4 is 19.1 Å². The number of carbonyl (C=O) groups excluding carboxylic acids is 1. The van der Waals surface area contributed by atoms with E-state index < -0.39 is 0 Å². The monoisotopic (exact) mass is 481 g/mol. The smallest absolute Gasteiger partial charge is 0.239 e. The zero-order valence-electron chi connectivity index (χ0n) is 18.5. The van der Waals surface area contributed by atoms with E-state index >= 15 is 0 Å². The summed E-state index contributed by atoms with van der Waals surface area (Å²) in [6, 6.07) is 15.1. The van der Waals surface area contributed by atoms with Crippen LogP contribution in [0.1, 0.15) is 5.56 Å². The molecule has 4 aromatic rings. The first-order chi connectivity index (χ1) is 16.1. The molecule has 7 nitrogen and oxygen atoms in total.